The second kappa shape index (κ2) is 2.55. The molecule has 1 unspecified atom stereocenters. The van der Waals surface area contributed by atoms with Gasteiger partial charge in [0.1, 0.15) is 5.76 Å². The molecule has 0 aromatic heterocycles. The van der Waals surface area contributed by atoms with Crippen LogP contribution in [-0.4, -0.2) is 28.1 Å². The van der Waals surface area contributed by atoms with Crippen molar-refractivity contribution in [3.8, 4) is 0 Å². The average Bonchev–Trinajstić information content (AvgIpc) is 2.27. The lowest BCUT2D eigenvalue weighted by atomic mass is 10.1. The van der Waals surface area contributed by atoms with Crippen molar-refractivity contribution in [2.45, 2.75) is 20.0 Å². The van der Waals surface area contributed by atoms with E-state index in [1.54, 1.807) is 0 Å². The summed E-state index contributed by atoms with van der Waals surface area (Å²) in [6, 6.07) is 0. The molecule has 0 amide bonds. The third-order valence-electron chi connectivity index (χ3n) is 2.43. The largest absolute Gasteiger partial charge is 0.508 e. The van der Waals surface area contributed by atoms with Crippen molar-refractivity contribution in [3.05, 3.63) is 35.5 Å². The van der Waals surface area contributed by atoms with Crippen LogP contribution >= 0.6 is 0 Å². The molecule has 0 aromatic rings. The second-order valence-electron chi connectivity index (χ2n) is 3.66. The van der Waals surface area contributed by atoms with E-state index < -0.39 is 0 Å². The van der Waals surface area contributed by atoms with Crippen LogP contribution in [0.25, 0.3) is 0 Å². The number of fused-ring (bicyclic) bond motifs is 1. The number of likely N-dealkylation sites (N-methyl/N-ethyl adjacent to an activating group) is 1. The highest BCUT2D eigenvalue weighted by atomic mass is 16.3. The molecule has 0 spiro atoms. The van der Waals surface area contributed by atoms with Gasteiger partial charge in [-0.3, -0.25) is 0 Å². The second-order valence-corrected chi connectivity index (χ2v) is 3.66. The van der Waals surface area contributed by atoms with Crippen molar-refractivity contribution in [2.75, 3.05) is 7.05 Å². The number of aliphatic hydroxyl groups excluding tert-OH is 1. The van der Waals surface area contributed by atoms with E-state index in [0.717, 1.165) is 11.3 Å². The molecule has 2 aliphatic heterocycles. The Morgan fingerprint density at radius 1 is 1.31 bits per heavy atom. The van der Waals surface area contributed by atoms with Gasteiger partial charge in [-0.05, 0) is 25.5 Å². The van der Waals surface area contributed by atoms with Crippen molar-refractivity contribution in [1.29, 1.82) is 0 Å². The Hall–Kier alpha value is -1.38. The first-order chi connectivity index (χ1) is 6.09. The molecule has 3 heteroatoms. The fourth-order valence-corrected chi connectivity index (χ4v) is 1.91. The van der Waals surface area contributed by atoms with Gasteiger partial charge in [0.2, 0.25) is 0 Å². The number of aliphatic hydroxyl groups is 1. The van der Waals surface area contributed by atoms with E-state index in [1.807, 2.05) is 38.1 Å². The SMILES string of the molecule is CC1=CN2C(C)=CN(C)C2C(O)=C1. The summed E-state index contributed by atoms with van der Waals surface area (Å²) >= 11 is 0. The highest BCUT2D eigenvalue weighted by Gasteiger charge is 2.31. The molecule has 0 radical (unpaired) electrons. The molecule has 13 heavy (non-hydrogen) atoms. The van der Waals surface area contributed by atoms with Crippen LogP contribution in [0.1, 0.15) is 13.8 Å². The maximum Gasteiger partial charge on any atom is 0.164 e. The van der Waals surface area contributed by atoms with E-state index in [4.69, 9.17) is 0 Å². The molecular weight excluding hydrogens is 164 g/mol. The summed E-state index contributed by atoms with van der Waals surface area (Å²) in [6.45, 7) is 4.02. The van der Waals surface area contributed by atoms with E-state index in [0.29, 0.717) is 5.76 Å². The van der Waals surface area contributed by atoms with Gasteiger partial charge in [0, 0.05) is 25.1 Å². The van der Waals surface area contributed by atoms with E-state index in [1.165, 1.54) is 0 Å². The molecule has 2 aliphatic rings. The molecule has 1 atom stereocenters. The van der Waals surface area contributed by atoms with Crippen molar-refractivity contribution >= 4 is 0 Å². The quantitative estimate of drug-likeness (QED) is 0.612. The zero-order chi connectivity index (χ0) is 9.59. The molecule has 0 aliphatic carbocycles. The van der Waals surface area contributed by atoms with E-state index in [-0.39, 0.29) is 6.17 Å². The minimum atomic E-state index is -0.0244. The van der Waals surface area contributed by atoms with Gasteiger partial charge >= 0.3 is 0 Å². The lowest BCUT2D eigenvalue weighted by Crippen LogP contribution is -2.38. The summed E-state index contributed by atoms with van der Waals surface area (Å²) in [6.07, 6.45) is 5.87. The highest BCUT2D eigenvalue weighted by molar-refractivity contribution is 5.31. The smallest absolute Gasteiger partial charge is 0.164 e. The minimum absolute atomic E-state index is 0.0244. The Labute approximate surface area is 78.3 Å². The monoisotopic (exact) mass is 178 g/mol. The van der Waals surface area contributed by atoms with Crippen LogP contribution in [0, 0.1) is 0 Å². The van der Waals surface area contributed by atoms with Gasteiger partial charge in [0.15, 0.2) is 6.17 Å². The van der Waals surface area contributed by atoms with Crippen molar-refractivity contribution < 1.29 is 5.11 Å². The van der Waals surface area contributed by atoms with Crippen molar-refractivity contribution in [1.82, 2.24) is 9.80 Å². The predicted molar refractivity (Wildman–Crippen MR) is 51.6 cm³/mol. The van der Waals surface area contributed by atoms with Crippen LogP contribution < -0.4 is 0 Å². The number of nitrogens with zero attached hydrogens (tertiary/aromatic N) is 2. The molecule has 3 nitrogen and oxygen atoms in total. The fraction of sp³-hybridized carbons (Fsp3) is 0.400. The van der Waals surface area contributed by atoms with E-state index in [9.17, 15) is 5.11 Å². The van der Waals surface area contributed by atoms with E-state index in [2.05, 4.69) is 11.1 Å². The first-order valence-electron chi connectivity index (χ1n) is 4.37. The molecule has 0 saturated heterocycles. The first-order valence-corrected chi connectivity index (χ1v) is 4.37. The van der Waals surface area contributed by atoms with Gasteiger partial charge < -0.3 is 14.9 Å². The molecule has 0 aromatic carbocycles. The van der Waals surface area contributed by atoms with Gasteiger partial charge in [0.05, 0.1) is 0 Å². The molecule has 1 N–H and O–H groups in total. The molecule has 0 fully saturated rings. The van der Waals surface area contributed by atoms with Crippen molar-refractivity contribution in [2.24, 2.45) is 0 Å². The topological polar surface area (TPSA) is 26.7 Å². The maximum absolute atomic E-state index is 9.74. The summed E-state index contributed by atoms with van der Waals surface area (Å²) in [5, 5.41) is 9.74. The summed E-state index contributed by atoms with van der Waals surface area (Å²) < 4.78 is 0. The Morgan fingerprint density at radius 3 is 2.69 bits per heavy atom. The normalized spacial score (nSPS) is 26.7. The summed E-state index contributed by atoms with van der Waals surface area (Å²) in [7, 11) is 1.96. The van der Waals surface area contributed by atoms with Gasteiger partial charge in [0.25, 0.3) is 0 Å². The van der Waals surface area contributed by atoms with Gasteiger partial charge in [-0.2, -0.15) is 0 Å². The van der Waals surface area contributed by atoms with Gasteiger partial charge in [-0.1, -0.05) is 0 Å². The summed E-state index contributed by atoms with van der Waals surface area (Å²) in [4.78, 5) is 4.08. The number of allylic oxidation sites excluding steroid dienone is 3. The minimum Gasteiger partial charge on any atom is -0.508 e. The number of hydrogen-bond donors (Lipinski definition) is 1. The van der Waals surface area contributed by atoms with Crippen LogP contribution in [0.15, 0.2) is 35.5 Å². The van der Waals surface area contributed by atoms with E-state index >= 15 is 0 Å². The molecule has 0 saturated carbocycles. The van der Waals surface area contributed by atoms with Crippen LogP contribution in [0.5, 0.6) is 0 Å². The fourth-order valence-electron chi connectivity index (χ4n) is 1.91. The first kappa shape index (κ1) is 8.23. The van der Waals surface area contributed by atoms with Crippen LogP contribution in [0.2, 0.25) is 0 Å². The third-order valence-corrected chi connectivity index (χ3v) is 2.43. The third kappa shape index (κ3) is 1.11. The molecule has 2 heterocycles. The molecule has 0 bridgehead atoms. The van der Waals surface area contributed by atoms with Crippen LogP contribution in [0.4, 0.5) is 0 Å². The molecule has 70 valence electrons. The summed E-state index contributed by atoms with van der Waals surface area (Å²) in [5.74, 6) is 0.413. The number of rotatable bonds is 0. The van der Waals surface area contributed by atoms with Gasteiger partial charge in [-0.15, -0.1) is 0 Å². The van der Waals surface area contributed by atoms with Gasteiger partial charge in [-0.25, -0.2) is 0 Å². The van der Waals surface area contributed by atoms with Crippen LogP contribution in [-0.2, 0) is 0 Å². The highest BCUT2D eigenvalue weighted by Crippen LogP contribution is 2.29. The Bertz CT molecular complexity index is 328. The molecular formula is C10H14N2O. The zero-order valence-corrected chi connectivity index (χ0v) is 8.15. The Balaban J connectivity index is 2.39. The standard InChI is InChI=1S/C10H14N2O/c1-7-4-9(13)10-11(3)6-8(2)12(10)5-7/h4-6,10,13H,1-3H3. The predicted octanol–water partition coefficient (Wildman–Crippen LogP) is 1.78. The number of hydrogen-bond acceptors (Lipinski definition) is 3. The Kier molecular flexibility index (Phi) is 1.62. The summed E-state index contributed by atoms with van der Waals surface area (Å²) in [5.41, 5.74) is 2.24. The lowest BCUT2D eigenvalue weighted by Gasteiger charge is -2.31. The maximum atomic E-state index is 9.74. The molecule has 2 rings (SSSR count). The Morgan fingerprint density at radius 2 is 2.00 bits per heavy atom. The average molecular weight is 178 g/mol. The van der Waals surface area contributed by atoms with Crippen molar-refractivity contribution in [3.63, 3.8) is 0 Å². The zero-order valence-electron chi connectivity index (χ0n) is 8.15. The van der Waals surface area contributed by atoms with Crippen LogP contribution in [0.3, 0.4) is 0 Å². The lowest BCUT2D eigenvalue weighted by molar-refractivity contribution is 0.179.